The molecule has 7 rings (SSSR count). The Hall–Kier alpha value is -1.40. The van der Waals surface area contributed by atoms with Crippen LogP contribution in [0.2, 0.25) is 0 Å². The maximum Gasteiger partial charge on any atom is 0.230 e. The lowest BCUT2D eigenvalue weighted by Crippen LogP contribution is -2.46. The Labute approximate surface area is 177 Å². The average Bonchev–Trinajstić information content (AvgIpc) is 3.54. The lowest BCUT2D eigenvalue weighted by atomic mass is 9.76. The van der Waals surface area contributed by atoms with Crippen LogP contribution in [-0.2, 0) is 19.1 Å². The number of rotatable bonds is 2. The molecule has 1 saturated carbocycles. The van der Waals surface area contributed by atoms with E-state index in [-0.39, 0.29) is 29.8 Å². The molecule has 0 radical (unpaired) electrons. The molecule has 8 atom stereocenters. The predicted octanol–water partition coefficient (Wildman–Crippen LogP) is 2.13. The molecule has 5 saturated heterocycles. The summed E-state index contributed by atoms with van der Waals surface area (Å²) in [5, 5.41) is 0. The first-order valence-electron chi connectivity index (χ1n) is 12.3. The Morgan fingerprint density at radius 2 is 1.70 bits per heavy atom. The molecule has 2 amide bonds. The molecule has 6 aliphatic heterocycles. The fourth-order valence-electron chi connectivity index (χ4n) is 8.04. The standard InChI is InChI=1S/C24H32N2O4/c27-22(25-11-15-16(12-25)18-8-7-17(15)29-18)20-19-9-10-24(30-19)13-26(23(28)21(20)24)14-5-3-1-2-4-6-14/h9-10,14-21H,1-8,11-13H2/t15-,16+,17+,18-,19-,20+,21+,24-/m0/s1. The molecule has 0 aromatic rings. The summed E-state index contributed by atoms with van der Waals surface area (Å²) in [7, 11) is 0. The third kappa shape index (κ3) is 2.32. The quantitative estimate of drug-likeness (QED) is 0.515. The molecule has 6 heteroatoms. The van der Waals surface area contributed by atoms with Crippen LogP contribution < -0.4 is 0 Å². The molecule has 30 heavy (non-hydrogen) atoms. The van der Waals surface area contributed by atoms with Gasteiger partial charge in [0.2, 0.25) is 11.8 Å². The lowest BCUT2D eigenvalue weighted by molar-refractivity contribution is -0.144. The van der Waals surface area contributed by atoms with Gasteiger partial charge < -0.3 is 19.3 Å². The molecule has 0 unspecified atom stereocenters. The number of amides is 2. The number of carbonyl (C=O) groups is 2. The Morgan fingerprint density at radius 3 is 2.40 bits per heavy atom. The van der Waals surface area contributed by atoms with E-state index in [9.17, 15) is 9.59 Å². The molecule has 0 N–H and O–H groups in total. The highest BCUT2D eigenvalue weighted by Gasteiger charge is 2.68. The van der Waals surface area contributed by atoms with Gasteiger partial charge in [-0.05, 0) is 25.7 Å². The number of likely N-dealkylation sites (tertiary alicyclic amines) is 2. The van der Waals surface area contributed by atoms with Crippen LogP contribution in [0.15, 0.2) is 12.2 Å². The lowest BCUT2D eigenvalue weighted by Gasteiger charge is -2.30. The van der Waals surface area contributed by atoms with Crippen LogP contribution in [0.1, 0.15) is 51.4 Å². The zero-order valence-corrected chi connectivity index (χ0v) is 17.6. The number of fused-ring (bicyclic) bond motifs is 6. The summed E-state index contributed by atoms with van der Waals surface area (Å²) in [6.45, 7) is 2.25. The molecule has 4 bridgehead atoms. The van der Waals surface area contributed by atoms with Gasteiger partial charge in [-0.15, -0.1) is 0 Å². The summed E-state index contributed by atoms with van der Waals surface area (Å²) >= 11 is 0. The van der Waals surface area contributed by atoms with Gasteiger partial charge in [0.1, 0.15) is 5.60 Å². The van der Waals surface area contributed by atoms with Crippen LogP contribution in [0.25, 0.3) is 0 Å². The predicted molar refractivity (Wildman–Crippen MR) is 108 cm³/mol. The van der Waals surface area contributed by atoms with Crippen molar-refractivity contribution in [3.05, 3.63) is 12.2 Å². The molecule has 7 aliphatic rings. The second-order valence-corrected chi connectivity index (χ2v) is 10.9. The normalized spacial score (nSPS) is 49.2. The number of nitrogens with zero attached hydrogens (tertiary/aromatic N) is 2. The van der Waals surface area contributed by atoms with Crippen molar-refractivity contribution in [3.8, 4) is 0 Å². The topological polar surface area (TPSA) is 59.1 Å². The van der Waals surface area contributed by atoms with Crippen molar-refractivity contribution in [1.29, 1.82) is 0 Å². The van der Waals surface area contributed by atoms with Crippen LogP contribution in [0.3, 0.4) is 0 Å². The van der Waals surface area contributed by atoms with Crippen molar-refractivity contribution in [1.82, 2.24) is 9.80 Å². The summed E-state index contributed by atoms with van der Waals surface area (Å²) in [5.74, 6) is 0.667. The number of ether oxygens (including phenoxy) is 2. The largest absolute Gasteiger partial charge is 0.374 e. The minimum atomic E-state index is -0.563. The average molecular weight is 413 g/mol. The second kappa shape index (κ2) is 6.32. The van der Waals surface area contributed by atoms with Crippen LogP contribution in [0, 0.1) is 23.7 Å². The van der Waals surface area contributed by atoms with E-state index in [1.807, 2.05) is 0 Å². The monoisotopic (exact) mass is 412 g/mol. The maximum absolute atomic E-state index is 13.7. The van der Waals surface area contributed by atoms with Gasteiger partial charge in [0.15, 0.2) is 0 Å². The van der Waals surface area contributed by atoms with Crippen molar-refractivity contribution in [2.75, 3.05) is 19.6 Å². The molecule has 162 valence electrons. The van der Waals surface area contributed by atoms with Crippen molar-refractivity contribution in [3.63, 3.8) is 0 Å². The summed E-state index contributed by atoms with van der Waals surface area (Å²) in [4.78, 5) is 31.5. The van der Waals surface area contributed by atoms with E-state index in [1.54, 1.807) is 0 Å². The van der Waals surface area contributed by atoms with Crippen molar-refractivity contribution >= 4 is 11.8 Å². The number of carbonyl (C=O) groups excluding carboxylic acids is 2. The Kier molecular flexibility index (Phi) is 3.83. The molecule has 1 spiro atoms. The van der Waals surface area contributed by atoms with Gasteiger partial charge in [-0.2, -0.15) is 0 Å². The van der Waals surface area contributed by atoms with Crippen molar-refractivity contribution in [2.45, 2.75) is 81.3 Å². The van der Waals surface area contributed by atoms with Crippen LogP contribution >= 0.6 is 0 Å². The summed E-state index contributed by atoms with van der Waals surface area (Å²) in [6.07, 6.45) is 14.1. The van der Waals surface area contributed by atoms with Crippen LogP contribution in [0.5, 0.6) is 0 Å². The van der Waals surface area contributed by atoms with E-state index in [1.165, 1.54) is 25.7 Å². The van der Waals surface area contributed by atoms with E-state index in [2.05, 4.69) is 22.0 Å². The minimum Gasteiger partial charge on any atom is -0.374 e. The second-order valence-electron chi connectivity index (χ2n) is 10.9. The Balaban J connectivity index is 1.13. The molecule has 6 heterocycles. The Morgan fingerprint density at radius 1 is 1.00 bits per heavy atom. The fraction of sp³-hybridized carbons (Fsp3) is 0.833. The molecule has 6 nitrogen and oxygen atoms in total. The van der Waals surface area contributed by atoms with Gasteiger partial charge in [0.05, 0.1) is 36.7 Å². The van der Waals surface area contributed by atoms with Crippen molar-refractivity contribution in [2.24, 2.45) is 23.7 Å². The molecular formula is C24H32N2O4. The minimum absolute atomic E-state index is 0.154. The zero-order chi connectivity index (χ0) is 20.0. The summed E-state index contributed by atoms with van der Waals surface area (Å²) in [6, 6.07) is 0.325. The van der Waals surface area contributed by atoms with E-state index in [4.69, 9.17) is 9.47 Å². The van der Waals surface area contributed by atoms with Crippen LogP contribution in [-0.4, -0.2) is 71.2 Å². The molecule has 0 aromatic carbocycles. The summed E-state index contributed by atoms with van der Waals surface area (Å²) in [5.41, 5.74) is -0.563. The van der Waals surface area contributed by atoms with E-state index in [0.29, 0.717) is 36.6 Å². The highest BCUT2D eigenvalue weighted by atomic mass is 16.5. The van der Waals surface area contributed by atoms with Gasteiger partial charge in [0.25, 0.3) is 0 Å². The molecule has 0 aromatic heterocycles. The first-order valence-corrected chi connectivity index (χ1v) is 12.3. The number of hydrogen-bond acceptors (Lipinski definition) is 4. The molecular weight excluding hydrogens is 380 g/mol. The Bertz CT molecular complexity index is 787. The first kappa shape index (κ1) is 18.2. The van der Waals surface area contributed by atoms with E-state index < -0.39 is 5.60 Å². The highest BCUT2D eigenvalue weighted by Crippen LogP contribution is 2.54. The van der Waals surface area contributed by atoms with Gasteiger partial charge in [-0.25, -0.2) is 0 Å². The van der Waals surface area contributed by atoms with Gasteiger partial charge in [-0.3, -0.25) is 9.59 Å². The third-order valence-electron chi connectivity index (χ3n) is 9.44. The van der Waals surface area contributed by atoms with Gasteiger partial charge in [0, 0.05) is 31.0 Å². The van der Waals surface area contributed by atoms with E-state index in [0.717, 1.165) is 38.8 Å². The fourth-order valence-corrected chi connectivity index (χ4v) is 8.04. The maximum atomic E-state index is 13.7. The molecule has 1 aliphatic carbocycles. The third-order valence-corrected chi connectivity index (χ3v) is 9.44. The van der Waals surface area contributed by atoms with E-state index >= 15 is 0 Å². The molecule has 6 fully saturated rings. The highest BCUT2D eigenvalue weighted by molar-refractivity contribution is 5.93. The number of hydrogen-bond donors (Lipinski definition) is 0. The summed E-state index contributed by atoms with van der Waals surface area (Å²) < 4.78 is 12.5. The SMILES string of the molecule is O=C([C@@H]1[C@@H]2C=C[C@@]3(CN(C4CCCCCC4)C(=O)[C@@H]13)O2)N1C[C@@H]2[C@H](C1)[C@H]1CC[C@@H]2O1. The first-order chi connectivity index (χ1) is 14.6. The van der Waals surface area contributed by atoms with Crippen LogP contribution in [0.4, 0.5) is 0 Å². The van der Waals surface area contributed by atoms with Gasteiger partial charge in [-0.1, -0.05) is 37.8 Å². The van der Waals surface area contributed by atoms with Gasteiger partial charge >= 0.3 is 0 Å². The smallest absolute Gasteiger partial charge is 0.230 e. The zero-order valence-electron chi connectivity index (χ0n) is 17.6. The van der Waals surface area contributed by atoms with Crippen molar-refractivity contribution < 1.29 is 19.1 Å².